The Bertz CT molecular complexity index is 327. The highest BCUT2D eigenvalue weighted by atomic mass is 79.9. The minimum Gasteiger partial charge on any atom is -0.481 e. The zero-order chi connectivity index (χ0) is 10.7. The van der Waals surface area contributed by atoms with E-state index in [4.69, 9.17) is 5.11 Å². The average Bonchev–Trinajstić information content (AvgIpc) is 2.01. The van der Waals surface area contributed by atoms with E-state index in [0.29, 0.717) is 6.42 Å². The van der Waals surface area contributed by atoms with Crippen molar-refractivity contribution in [1.82, 2.24) is 0 Å². The summed E-state index contributed by atoms with van der Waals surface area (Å²) < 4.78 is 1.00. The molecule has 3 heteroatoms. The molecule has 0 saturated heterocycles. The standard InChI is InChI=1S/C11H13BrO2/c1-7-3-9(6-10(12)4-7)5-8(2)11(13)14/h3-4,6,8H,5H2,1-2H3,(H,13,14). The van der Waals surface area contributed by atoms with E-state index in [-0.39, 0.29) is 5.92 Å². The number of halogens is 1. The summed E-state index contributed by atoms with van der Waals surface area (Å²) in [6.07, 6.45) is 0.579. The molecule has 0 spiro atoms. The van der Waals surface area contributed by atoms with Crippen LogP contribution in [0.5, 0.6) is 0 Å². The van der Waals surface area contributed by atoms with Gasteiger partial charge in [-0.2, -0.15) is 0 Å². The second kappa shape index (κ2) is 4.60. The Kier molecular flexibility index (Phi) is 3.69. The molecule has 0 saturated carbocycles. The summed E-state index contributed by atoms with van der Waals surface area (Å²) in [5.74, 6) is -1.08. The van der Waals surface area contributed by atoms with E-state index in [0.717, 1.165) is 15.6 Å². The van der Waals surface area contributed by atoms with Crippen LogP contribution in [0.25, 0.3) is 0 Å². The molecule has 0 radical (unpaired) electrons. The van der Waals surface area contributed by atoms with Crippen LogP contribution in [0, 0.1) is 12.8 Å². The molecule has 14 heavy (non-hydrogen) atoms. The minimum absolute atomic E-state index is 0.330. The molecule has 0 amide bonds. The number of carboxylic acids is 1. The Morgan fingerprint density at radius 2 is 2.14 bits per heavy atom. The van der Waals surface area contributed by atoms with Gasteiger partial charge in [-0.05, 0) is 36.6 Å². The molecule has 0 heterocycles. The van der Waals surface area contributed by atoms with Gasteiger partial charge in [-0.1, -0.05) is 28.9 Å². The molecule has 1 rings (SSSR count). The van der Waals surface area contributed by atoms with Crippen LogP contribution in [0.1, 0.15) is 18.1 Å². The van der Waals surface area contributed by atoms with Gasteiger partial charge in [0, 0.05) is 4.47 Å². The van der Waals surface area contributed by atoms with E-state index in [1.807, 2.05) is 25.1 Å². The van der Waals surface area contributed by atoms with Gasteiger partial charge < -0.3 is 5.11 Å². The van der Waals surface area contributed by atoms with Gasteiger partial charge in [-0.25, -0.2) is 0 Å². The third-order valence-electron chi connectivity index (χ3n) is 2.07. The number of hydrogen-bond donors (Lipinski definition) is 1. The van der Waals surface area contributed by atoms with Crippen molar-refractivity contribution >= 4 is 21.9 Å². The summed E-state index contributed by atoms with van der Waals surface area (Å²) in [7, 11) is 0. The largest absolute Gasteiger partial charge is 0.481 e. The smallest absolute Gasteiger partial charge is 0.306 e. The molecule has 1 aromatic carbocycles. The number of rotatable bonds is 3. The van der Waals surface area contributed by atoms with Crippen LogP contribution in [0.15, 0.2) is 22.7 Å². The molecule has 0 aliphatic carbocycles. The van der Waals surface area contributed by atoms with Crippen LogP contribution in [-0.4, -0.2) is 11.1 Å². The SMILES string of the molecule is Cc1cc(Br)cc(CC(C)C(=O)O)c1. The van der Waals surface area contributed by atoms with E-state index in [1.165, 1.54) is 0 Å². The second-order valence-electron chi connectivity index (χ2n) is 3.58. The van der Waals surface area contributed by atoms with Crippen molar-refractivity contribution in [3.63, 3.8) is 0 Å². The average molecular weight is 257 g/mol. The zero-order valence-corrected chi connectivity index (χ0v) is 9.84. The van der Waals surface area contributed by atoms with Crippen LogP contribution >= 0.6 is 15.9 Å². The summed E-state index contributed by atoms with van der Waals surface area (Å²) in [5, 5.41) is 8.77. The van der Waals surface area contributed by atoms with Gasteiger partial charge in [-0.15, -0.1) is 0 Å². The van der Waals surface area contributed by atoms with Crippen molar-refractivity contribution in [3.8, 4) is 0 Å². The van der Waals surface area contributed by atoms with Crippen LogP contribution in [0.4, 0.5) is 0 Å². The number of hydrogen-bond acceptors (Lipinski definition) is 1. The number of benzene rings is 1. The lowest BCUT2D eigenvalue weighted by Crippen LogP contribution is -2.12. The third kappa shape index (κ3) is 3.14. The molecule has 0 bridgehead atoms. The highest BCUT2D eigenvalue weighted by Gasteiger charge is 2.11. The summed E-state index contributed by atoms with van der Waals surface area (Å²) in [4.78, 5) is 10.7. The number of carboxylic acid groups (broad SMARTS) is 1. The van der Waals surface area contributed by atoms with Gasteiger partial charge in [0.25, 0.3) is 0 Å². The molecular weight excluding hydrogens is 244 g/mol. The Morgan fingerprint density at radius 1 is 1.50 bits per heavy atom. The van der Waals surface area contributed by atoms with Gasteiger partial charge in [0.2, 0.25) is 0 Å². The summed E-state index contributed by atoms with van der Waals surface area (Å²) in [5.41, 5.74) is 2.21. The van der Waals surface area contributed by atoms with Gasteiger partial charge in [0.1, 0.15) is 0 Å². The minimum atomic E-state index is -0.748. The van der Waals surface area contributed by atoms with Gasteiger partial charge >= 0.3 is 5.97 Å². The van der Waals surface area contributed by atoms with E-state index < -0.39 is 5.97 Å². The molecule has 0 aliphatic heterocycles. The van der Waals surface area contributed by atoms with Crippen molar-refractivity contribution in [2.45, 2.75) is 20.3 Å². The summed E-state index contributed by atoms with van der Waals surface area (Å²) in [6, 6.07) is 5.99. The number of carbonyl (C=O) groups is 1. The predicted octanol–water partition coefficient (Wildman–Crippen LogP) is 3.02. The Balaban J connectivity index is 2.81. The molecule has 1 unspecified atom stereocenters. The number of aryl methyl sites for hydroxylation is 1. The second-order valence-corrected chi connectivity index (χ2v) is 4.50. The van der Waals surface area contributed by atoms with Crippen LogP contribution < -0.4 is 0 Å². The van der Waals surface area contributed by atoms with E-state index >= 15 is 0 Å². The summed E-state index contributed by atoms with van der Waals surface area (Å²) >= 11 is 3.39. The molecule has 2 nitrogen and oxygen atoms in total. The Labute approximate surface area is 92.1 Å². The van der Waals surface area contributed by atoms with Crippen LogP contribution in [0.3, 0.4) is 0 Å². The highest BCUT2D eigenvalue weighted by Crippen LogP contribution is 2.18. The summed E-state index contributed by atoms with van der Waals surface area (Å²) in [6.45, 7) is 3.72. The first kappa shape index (κ1) is 11.2. The lowest BCUT2D eigenvalue weighted by molar-refractivity contribution is -0.141. The normalized spacial score (nSPS) is 12.5. The van der Waals surface area contributed by atoms with E-state index in [2.05, 4.69) is 15.9 Å². The molecule has 0 aliphatic rings. The van der Waals surface area contributed by atoms with Crippen molar-refractivity contribution in [2.75, 3.05) is 0 Å². The van der Waals surface area contributed by atoms with Crippen molar-refractivity contribution in [3.05, 3.63) is 33.8 Å². The monoisotopic (exact) mass is 256 g/mol. The quantitative estimate of drug-likeness (QED) is 0.903. The van der Waals surface area contributed by atoms with Crippen molar-refractivity contribution in [2.24, 2.45) is 5.92 Å². The molecule has 0 aromatic heterocycles. The van der Waals surface area contributed by atoms with Crippen molar-refractivity contribution < 1.29 is 9.90 Å². The lowest BCUT2D eigenvalue weighted by Gasteiger charge is -2.07. The number of aliphatic carboxylic acids is 1. The first-order chi connectivity index (χ1) is 6.49. The predicted molar refractivity (Wildman–Crippen MR) is 59.4 cm³/mol. The third-order valence-corrected chi connectivity index (χ3v) is 2.52. The molecular formula is C11H13BrO2. The maximum atomic E-state index is 10.7. The first-order valence-electron chi connectivity index (χ1n) is 4.48. The maximum absolute atomic E-state index is 10.7. The molecule has 0 fully saturated rings. The van der Waals surface area contributed by atoms with Crippen LogP contribution in [-0.2, 0) is 11.2 Å². The Morgan fingerprint density at radius 3 is 2.64 bits per heavy atom. The van der Waals surface area contributed by atoms with E-state index in [9.17, 15) is 4.79 Å². The highest BCUT2D eigenvalue weighted by molar-refractivity contribution is 9.10. The van der Waals surface area contributed by atoms with Crippen LogP contribution in [0.2, 0.25) is 0 Å². The fraction of sp³-hybridized carbons (Fsp3) is 0.364. The maximum Gasteiger partial charge on any atom is 0.306 e. The van der Waals surface area contributed by atoms with Gasteiger partial charge in [0.15, 0.2) is 0 Å². The van der Waals surface area contributed by atoms with Gasteiger partial charge in [-0.3, -0.25) is 4.79 Å². The van der Waals surface area contributed by atoms with Gasteiger partial charge in [0.05, 0.1) is 5.92 Å². The molecule has 76 valence electrons. The Hall–Kier alpha value is -0.830. The zero-order valence-electron chi connectivity index (χ0n) is 8.25. The topological polar surface area (TPSA) is 37.3 Å². The fourth-order valence-corrected chi connectivity index (χ4v) is 2.03. The molecule has 1 N–H and O–H groups in total. The lowest BCUT2D eigenvalue weighted by atomic mass is 10.0. The van der Waals surface area contributed by atoms with Crippen molar-refractivity contribution in [1.29, 1.82) is 0 Å². The molecule has 1 aromatic rings. The first-order valence-corrected chi connectivity index (χ1v) is 5.27. The van der Waals surface area contributed by atoms with E-state index in [1.54, 1.807) is 6.92 Å². The fourth-order valence-electron chi connectivity index (χ4n) is 1.37. The molecule has 1 atom stereocenters.